The predicted octanol–water partition coefficient (Wildman–Crippen LogP) is 4.25. The third-order valence-corrected chi connectivity index (χ3v) is 5.80. The predicted molar refractivity (Wildman–Crippen MR) is 123 cm³/mol. The molecule has 3 heterocycles. The maximum Gasteiger partial charge on any atom is 0.331 e. The standard InChI is InChI=1S/C26H21N3O4/c1-17-7-2-3-8-18(17)14-28-15-19(21-10-4-5-11-23(21)28)13-22-24(30)27-26(32)29(25(22)31)16-20-9-6-12-33-20/h2-13,15H,14,16H2,1H3,(H,27,30,32). The van der Waals surface area contributed by atoms with E-state index in [9.17, 15) is 14.4 Å². The highest BCUT2D eigenvalue weighted by Gasteiger charge is 2.36. The van der Waals surface area contributed by atoms with Crippen LogP contribution in [0.5, 0.6) is 0 Å². The molecule has 0 aliphatic carbocycles. The van der Waals surface area contributed by atoms with Crippen LogP contribution in [0.3, 0.4) is 0 Å². The molecule has 7 heteroatoms. The summed E-state index contributed by atoms with van der Waals surface area (Å²) in [4.78, 5) is 38.9. The number of barbiturate groups is 1. The number of aryl methyl sites for hydroxylation is 1. The van der Waals surface area contributed by atoms with Crippen molar-refractivity contribution in [3.8, 4) is 0 Å². The van der Waals surface area contributed by atoms with Crippen molar-refractivity contribution in [3.63, 3.8) is 0 Å². The summed E-state index contributed by atoms with van der Waals surface area (Å²) < 4.78 is 7.36. The molecule has 1 aliphatic heterocycles. The number of nitrogens with one attached hydrogen (secondary N) is 1. The van der Waals surface area contributed by atoms with E-state index in [2.05, 4.69) is 28.9 Å². The van der Waals surface area contributed by atoms with E-state index in [1.807, 2.05) is 42.6 Å². The molecule has 2 aromatic heterocycles. The van der Waals surface area contributed by atoms with E-state index in [4.69, 9.17) is 4.42 Å². The lowest BCUT2D eigenvalue weighted by atomic mass is 10.1. The number of carbonyl (C=O) groups is 3. The van der Waals surface area contributed by atoms with Crippen LogP contribution in [0.15, 0.2) is 83.1 Å². The normalized spacial score (nSPS) is 15.5. The average molecular weight is 439 g/mol. The SMILES string of the molecule is Cc1ccccc1Cn1cc(C=C2C(=O)NC(=O)N(Cc3ccco3)C2=O)c2ccccc21. The number of para-hydroxylation sites is 1. The third kappa shape index (κ3) is 3.85. The summed E-state index contributed by atoms with van der Waals surface area (Å²) in [6, 6.07) is 18.6. The van der Waals surface area contributed by atoms with Crippen molar-refractivity contribution in [2.75, 3.05) is 0 Å². The second-order valence-corrected chi connectivity index (χ2v) is 7.94. The zero-order chi connectivity index (χ0) is 22.9. The number of benzene rings is 2. The van der Waals surface area contributed by atoms with Crippen molar-refractivity contribution in [1.29, 1.82) is 0 Å². The first-order valence-electron chi connectivity index (χ1n) is 10.5. The number of amides is 4. The molecule has 1 fully saturated rings. The quantitative estimate of drug-likeness (QED) is 0.372. The Morgan fingerprint density at radius 3 is 2.52 bits per heavy atom. The summed E-state index contributed by atoms with van der Waals surface area (Å²) in [6.45, 7) is 2.66. The van der Waals surface area contributed by atoms with Gasteiger partial charge >= 0.3 is 6.03 Å². The van der Waals surface area contributed by atoms with Crippen LogP contribution in [-0.2, 0) is 22.7 Å². The van der Waals surface area contributed by atoms with Gasteiger partial charge in [-0.25, -0.2) is 4.79 Å². The van der Waals surface area contributed by atoms with E-state index >= 15 is 0 Å². The zero-order valence-corrected chi connectivity index (χ0v) is 17.9. The molecule has 0 atom stereocenters. The molecule has 7 nitrogen and oxygen atoms in total. The zero-order valence-electron chi connectivity index (χ0n) is 17.9. The number of imide groups is 2. The number of hydrogen-bond donors (Lipinski definition) is 1. The van der Waals surface area contributed by atoms with Gasteiger partial charge in [0.05, 0.1) is 12.8 Å². The lowest BCUT2D eigenvalue weighted by molar-refractivity contribution is -0.130. The van der Waals surface area contributed by atoms with Gasteiger partial charge in [-0.05, 0) is 42.3 Å². The molecule has 1 saturated heterocycles. The Morgan fingerprint density at radius 2 is 1.73 bits per heavy atom. The number of rotatable bonds is 5. The van der Waals surface area contributed by atoms with Crippen LogP contribution >= 0.6 is 0 Å². The topological polar surface area (TPSA) is 84.6 Å². The van der Waals surface area contributed by atoms with Gasteiger partial charge in [0, 0.05) is 29.2 Å². The highest BCUT2D eigenvalue weighted by molar-refractivity contribution is 6.31. The molecule has 4 amide bonds. The fourth-order valence-corrected chi connectivity index (χ4v) is 4.04. The molecular formula is C26H21N3O4. The molecule has 164 valence electrons. The molecule has 33 heavy (non-hydrogen) atoms. The number of nitrogens with zero attached hydrogens (tertiary/aromatic N) is 2. The summed E-state index contributed by atoms with van der Waals surface area (Å²) in [7, 11) is 0. The van der Waals surface area contributed by atoms with Gasteiger partial charge in [-0.1, -0.05) is 42.5 Å². The van der Waals surface area contributed by atoms with Crippen LogP contribution in [0.1, 0.15) is 22.5 Å². The second-order valence-electron chi connectivity index (χ2n) is 7.94. The first-order valence-corrected chi connectivity index (χ1v) is 10.5. The first-order chi connectivity index (χ1) is 16.0. The summed E-state index contributed by atoms with van der Waals surface area (Å²) in [6.07, 6.45) is 4.95. The van der Waals surface area contributed by atoms with Gasteiger partial charge in [0.25, 0.3) is 11.8 Å². The molecule has 1 aliphatic rings. The number of urea groups is 1. The summed E-state index contributed by atoms with van der Waals surface area (Å²) >= 11 is 0. The molecule has 5 rings (SSSR count). The van der Waals surface area contributed by atoms with Crippen molar-refractivity contribution in [3.05, 3.63) is 101 Å². The molecule has 0 bridgehead atoms. The monoisotopic (exact) mass is 439 g/mol. The number of aromatic nitrogens is 1. The Bertz CT molecular complexity index is 1410. The summed E-state index contributed by atoms with van der Waals surface area (Å²) in [5.41, 5.74) is 3.98. The van der Waals surface area contributed by atoms with Gasteiger partial charge in [-0.15, -0.1) is 0 Å². The van der Waals surface area contributed by atoms with E-state index in [1.165, 1.54) is 17.4 Å². The third-order valence-electron chi connectivity index (χ3n) is 5.80. The Morgan fingerprint density at radius 1 is 0.939 bits per heavy atom. The van der Waals surface area contributed by atoms with Gasteiger partial charge in [0.15, 0.2) is 0 Å². The Kier molecular flexibility index (Phi) is 5.14. The number of hydrogen-bond acceptors (Lipinski definition) is 4. The molecule has 0 saturated carbocycles. The molecule has 0 radical (unpaired) electrons. The lowest BCUT2D eigenvalue weighted by Gasteiger charge is -2.25. The van der Waals surface area contributed by atoms with Crippen LogP contribution in [0.25, 0.3) is 17.0 Å². The van der Waals surface area contributed by atoms with Crippen LogP contribution in [0.4, 0.5) is 4.79 Å². The van der Waals surface area contributed by atoms with E-state index in [0.29, 0.717) is 12.3 Å². The average Bonchev–Trinajstić information content (AvgIpc) is 3.44. The van der Waals surface area contributed by atoms with Crippen molar-refractivity contribution in [1.82, 2.24) is 14.8 Å². The Hall–Kier alpha value is -4.39. The molecular weight excluding hydrogens is 418 g/mol. The minimum absolute atomic E-state index is 0.0582. The van der Waals surface area contributed by atoms with Gasteiger partial charge in [0.2, 0.25) is 0 Å². The molecule has 0 unspecified atom stereocenters. The van der Waals surface area contributed by atoms with Crippen molar-refractivity contribution < 1.29 is 18.8 Å². The maximum absolute atomic E-state index is 13.1. The van der Waals surface area contributed by atoms with E-state index in [-0.39, 0.29) is 12.1 Å². The Balaban J connectivity index is 1.54. The highest BCUT2D eigenvalue weighted by atomic mass is 16.3. The molecule has 2 aromatic carbocycles. The van der Waals surface area contributed by atoms with Crippen LogP contribution in [0.2, 0.25) is 0 Å². The number of fused-ring (bicyclic) bond motifs is 1. The molecule has 1 N–H and O–H groups in total. The molecule has 0 spiro atoms. The minimum atomic E-state index is -0.763. The van der Waals surface area contributed by atoms with Gasteiger partial charge < -0.3 is 8.98 Å². The largest absolute Gasteiger partial charge is 0.467 e. The maximum atomic E-state index is 13.1. The van der Waals surface area contributed by atoms with Crippen LogP contribution in [-0.4, -0.2) is 27.3 Å². The Labute approximate surface area is 189 Å². The summed E-state index contributed by atoms with van der Waals surface area (Å²) in [5, 5.41) is 3.17. The fourth-order valence-electron chi connectivity index (χ4n) is 4.04. The van der Waals surface area contributed by atoms with Gasteiger partial charge in [-0.2, -0.15) is 0 Å². The second kappa shape index (κ2) is 8.27. The highest BCUT2D eigenvalue weighted by Crippen LogP contribution is 2.26. The fraction of sp³-hybridized carbons (Fsp3) is 0.115. The van der Waals surface area contributed by atoms with Gasteiger partial charge in [0.1, 0.15) is 11.3 Å². The first kappa shape index (κ1) is 20.5. The number of carbonyl (C=O) groups excluding carboxylic acids is 3. The summed E-state index contributed by atoms with van der Waals surface area (Å²) in [5.74, 6) is -0.922. The lowest BCUT2D eigenvalue weighted by Crippen LogP contribution is -2.53. The minimum Gasteiger partial charge on any atom is -0.467 e. The van der Waals surface area contributed by atoms with Crippen LogP contribution in [0, 0.1) is 6.92 Å². The van der Waals surface area contributed by atoms with Crippen LogP contribution < -0.4 is 5.32 Å². The van der Waals surface area contributed by atoms with Crippen molar-refractivity contribution in [2.45, 2.75) is 20.0 Å². The van der Waals surface area contributed by atoms with E-state index in [1.54, 1.807) is 18.2 Å². The van der Waals surface area contributed by atoms with E-state index in [0.717, 1.165) is 21.4 Å². The van der Waals surface area contributed by atoms with Crippen molar-refractivity contribution >= 4 is 34.8 Å². The van der Waals surface area contributed by atoms with E-state index < -0.39 is 17.8 Å². The smallest absolute Gasteiger partial charge is 0.331 e. The van der Waals surface area contributed by atoms with Crippen molar-refractivity contribution in [2.24, 2.45) is 0 Å². The van der Waals surface area contributed by atoms with Gasteiger partial charge in [-0.3, -0.25) is 19.8 Å². The number of furan rings is 1. The molecule has 4 aromatic rings.